The standard InChI is InChI=1S/C25H29N9O4/c1-4-20(35)29-18-10-11-19(15(18)2)33(3)24-30-23(21(22(26)36)31-32-24)28-17-12-27-34(13-17)25(37)38-14-16-8-6-5-7-9-16/h4-9,12-13,15,18-19H,1,10-11,14H2,2-3H3,(H2,26,36)(H,29,35)(H,28,30,32)/t15-,18?,19+/m0/s1. The molecule has 2 amide bonds. The summed E-state index contributed by atoms with van der Waals surface area (Å²) in [6.45, 7) is 5.64. The van der Waals surface area contributed by atoms with E-state index in [4.69, 9.17) is 10.5 Å². The maximum Gasteiger partial charge on any atom is 0.435 e. The molecular weight excluding hydrogens is 490 g/mol. The highest BCUT2D eigenvalue weighted by Gasteiger charge is 2.37. The number of nitrogens with two attached hydrogens (primary N) is 1. The number of benzene rings is 1. The minimum Gasteiger partial charge on any atom is -0.443 e. The average molecular weight is 520 g/mol. The molecule has 2 heterocycles. The van der Waals surface area contributed by atoms with Gasteiger partial charge in [0.15, 0.2) is 11.5 Å². The van der Waals surface area contributed by atoms with E-state index < -0.39 is 12.0 Å². The van der Waals surface area contributed by atoms with E-state index in [9.17, 15) is 14.4 Å². The van der Waals surface area contributed by atoms with E-state index in [1.165, 1.54) is 18.5 Å². The molecule has 2 aromatic heterocycles. The van der Waals surface area contributed by atoms with Crippen molar-refractivity contribution >= 4 is 35.4 Å². The second kappa shape index (κ2) is 11.5. The molecule has 13 nitrogen and oxygen atoms in total. The van der Waals surface area contributed by atoms with Gasteiger partial charge in [-0.1, -0.05) is 43.8 Å². The summed E-state index contributed by atoms with van der Waals surface area (Å²) in [6.07, 6.45) is 4.94. The molecule has 1 aromatic carbocycles. The van der Waals surface area contributed by atoms with Gasteiger partial charge in [-0.05, 0) is 30.4 Å². The van der Waals surface area contributed by atoms with Crippen LogP contribution in [0.25, 0.3) is 0 Å². The third-order valence-corrected chi connectivity index (χ3v) is 6.49. The molecule has 0 bridgehead atoms. The maximum atomic E-state index is 12.4. The number of amides is 2. The SMILES string of the molecule is C=CC(=O)NC1CC[C@@H](N(C)c2nnc(C(N)=O)c(Nc3cnn(C(=O)OCc4ccccc4)c3)n2)[C@H]1C. The molecule has 1 unspecified atom stereocenters. The van der Waals surface area contributed by atoms with Crippen LogP contribution in [0.2, 0.25) is 0 Å². The number of rotatable bonds is 9. The average Bonchev–Trinajstić information content (AvgIpc) is 3.53. The number of hydrogen-bond donors (Lipinski definition) is 3. The first-order chi connectivity index (χ1) is 18.3. The van der Waals surface area contributed by atoms with E-state index in [1.807, 2.05) is 49.2 Å². The number of carbonyl (C=O) groups excluding carboxylic acids is 3. The molecule has 3 aromatic rings. The minimum absolute atomic E-state index is 0.0151. The number of nitrogens with one attached hydrogen (secondary N) is 2. The van der Waals surface area contributed by atoms with Gasteiger partial charge < -0.3 is 26.0 Å². The Morgan fingerprint density at radius 2 is 2.00 bits per heavy atom. The Morgan fingerprint density at radius 3 is 2.71 bits per heavy atom. The predicted octanol–water partition coefficient (Wildman–Crippen LogP) is 2.00. The molecule has 198 valence electrons. The Kier molecular flexibility index (Phi) is 7.94. The van der Waals surface area contributed by atoms with Crippen molar-refractivity contribution in [1.82, 2.24) is 30.3 Å². The van der Waals surface area contributed by atoms with E-state index in [1.54, 1.807) is 0 Å². The second-order valence-electron chi connectivity index (χ2n) is 8.95. The molecule has 0 spiro atoms. The summed E-state index contributed by atoms with van der Waals surface area (Å²) in [5, 5.41) is 18.0. The van der Waals surface area contributed by atoms with Crippen LogP contribution < -0.4 is 21.3 Å². The summed E-state index contributed by atoms with van der Waals surface area (Å²) in [5.41, 5.74) is 6.52. The minimum atomic E-state index is -0.821. The molecule has 4 rings (SSSR count). The molecule has 1 saturated carbocycles. The van der Waals surface area contributed by atoms with Crippen molar-refractivity contribution in [1.29, 1.82) is 0 Å². The molecule has 0 saturated heterocycles. The van der Waals surface area contributed by atoms with Crippen molar-refractivity contribution in [2.24, 2.45) is 11.7 Å². The number of primary amides is 1. The molecule has 13 heteroatoms. The monoisotopic (exact) mass is 519 g/mol. The summed E-state index contributed by atoms with van der Waals surface area (Å²) in [5.74, 6) is -0.615. The van der Waals surface area contributed by atoms with Crippen LogP contribution in [0.4, 0.5) is 22.2 Å². The van der Waals surface area contributed by atoms with Gasteiger partial charge in [0.2, 0.25) is 11.9 Å². The maximum absolute atomic E-state index is 12.4. The lowest BCUT2D eigenvalue weighted by Crippen LogP contribution is -2.42. The number of aromatic nitrogens is 5. The summed E-state index contributed by atoms with van der Waals surface area (Å²) >= 11 is 0. The normalized spacial score (nSPS) is 18.4. The van der Waals surface area contributed by atoms with E-state index in [0.29, 0.717) is 5.69 Å². The fraction of sp³-hybridized carbons (Fsp3) is 0.320. The van der Waals surface area contributed by atoms with E-state index in [2.05, 4.69) is 37.5 Å². The first kappa shape index (κ1) is 26.3. The van der Waals surface area contributed by atoms with Crippen LogP contribution >= 0.6 is 0 Å². The van der Waals surface area contributed by atoms with Gasteiger partial charge in [-0.2, -0.15) is 14.8 Å². The molecule has 1 aliphatic carbocycles. The Labute approximate surface area is 219 Å². The summed E-state index contributed by atoms with van der Waals surface area (Å²) in [4.78, 5) is 42.5. The second-order valence-corrected chi connectivity index (χ2v) is 8.95. The van der Waals surface area contributed by atoms with E-state index in [-0.39, 0.29) is 48.0 Å². The third kappa shape index (κ3) is 5.94. The molecule has 3 atom stereocenters. The van der Waals surface area contributed by atoms with E-state index >= 15 is 0 Å². The molecular formula is C25H29N9O4. The van der Waals surface area contributed by atoms with Gasteiger partial charge in [-0.15, -0.1) is 10.2 Å². The van der Waals surface area contributed by atoms with Crippen molar-refractivity contribution in [3.63, 3.8) is 0 Å². The van der Waals surface area contributed by atoms with Gasteiger partial charge in [-0.25, -0.2) is 4.79 Å². The number of nitrogens with zero attached hydrogens (tertiary/aromatic N) is 6. The van der Waals surface area contributed by atoms with E-state index in [0.717, 1.165) is 23.1 Å². The van der Waals surface area contributed by atoms with Crippen LogP contribution in [0.3, 0.4) is 0 Å². The van der Waals surface area contributed by atoms with Crippen LogP contribution in [0, 0.1) is 5.92 Å². The first-order valence-corrected chi connectivity index (χ1v) is 12.0. The molecule has 1 fully saturated rings. The van der Waals surface area contributed by atoms with Gasteiger partial charge in [0, 0.05) is 19.1 Å². The molecule has 4 N–H and O–H groups in total. The lowest BCUT2D eigenvalue weighted by atomic mass is 10.0. The Bertz CT molecular complexity index is 1330. The van der Waals surface area contributed by atoms with Crippen LogP contribution in [0.15, 0.2) is 55.4 Å². The van der Waals surface area contributed by atoms with Crippen LogP contribution in [0.1, 0.15) is 35.8 Å². The first-order valence-electron chi connectivity index (χ1n) is 12.0. The molecule has 1 aliphatic rings. The van der Waals surface area contributed by atoms with Crippen molar-refractivity contribution in [3.05, 3.63) is 66.6 Å². The molecule has 0 radical (unpaired) electrons. The molecule has 0 aliphatic heterocycles. The fourth-order valence-electron chi connectivity index (χ4n) is 4.41. The summed E-state index contributed by atoms with van der Waals surface area (Å²) < 4.78 is 6.30. The zero-order chi connectivity index (χ0) is 27.2. The zero-order valence-electron chi connectivity index (χ0n) is 21.1. The number of carbonyl (C=O) groups is 3. The lowest BCUT2D eigenvalue weighted by Gasteiger charge is -2.29. The van der Waals surface area contributed by atoms with Gasteiger partial charge in [0.25, 0.3) is 5.91 Å². The van der Waals surface area contributed by atoms with Crippen LogP contribution in [-0.2, 0) is 16.1 Å². The highest BCUT2D eigenvalue weighted by atomic mass is 16.6. The van der Waals surface area contributed by atoms with Gasteiger partial charge >= 0.3 is 6.09 Å². The highest BCUT2D eigenvalue weighted by Crippen LogP contribution is 2.31. The summed E-state index contributed by atoms with van der Waals surface area (Å²) in [7, 11) is 1.82. The quantitative estimate of drug-likeness (QED) is 0.355. The van der Waals surface area contributed by atoms with Crippen molar-refractivity contribution in [2.45, 2.75) is 38.5 Å². The largest absolute Gasteiger partial charge is 0.443 e. The topological polar surface area (TPSA) is 170 Å². The molecule has 38 heavy (non-hydrogen) atoms. The van der Waals surface area contributed by atoms with Crippen molar-refractivity contribution in [3.8, 4) is 0 Å². The van der Waals surface area contributed by atoms with Crippen molar-refractivity contribution in [2.75, 3.05) is 17.3 Å². The predicted molar refractivity (Wildman–Crippen MR) is 139 cm³/mol. The zero-order valence-corrected chi connectivity index (χ0v) is 21.1. The Morgan fingerprint density at radius 1 is 1.24 bits per heavy atom. The fourth-order valence-corrected chi connectivity index (χ4v) is 4.41. The smallest absolute Gasteiger partial charge is 0.435 e. The Hall–Kier alpha value is -4.81. The summed E-state index contributed by atoms with van der Waals surface area (Å²) in [6, 6.07) is 9.26. The van der Waals surface area contributed by atoms with Crippen LogP contribution in [-0.4, -0.2) is 62.0 Å². The van der Waals surface area contributed by atoms with Gasteiger partial charge in [0.1, 0.15) is 6.61 Å². The lowest BCUT2D eigenvalue weighted by molar-refractivity contribution is -0.117. The van der Waals surface area contributed by atoms with Gasteiger partial charge in [0.05, 0.1) is 18.1 Å². The van der Waals surface area contributed by atoms with Crippen LogP contribution in [0.5, 0.6) is 0 Å². The number of ether oxygens (including phenoxy) is 1. The highest BCUT2D eigenvalue weighted by molar-refractivity contribution is 5.96. The van der Waals surface area contributed by atoms with Crippen molar-refractivity contribution < 1.29 is 19.1 Å². The number of hydrogen-bond acceptors (Lipinski definition) is 10. The Balaban J connectivity index is 1.47. The number of anilines is 3. The third-order valence-electron chi connectivity index (χ3n) is 6.49. The van der Waals surface area contributed by atoms with Gasteiger partial charge in [-0.3, -0.25) is 9.59 Å².